The molecule has 0 bridgehead atoms. The van der Waals surface area contributed by atoms with Crippen LogP contribution in [0.4, 0.5) is 18.9 Å². The first-order valence-electron chi connectivity index (χ1n) is 4.80. The van der Waals surface area contributed by atoms with Crippen molar-refractivity contribution in [2.75, 3.05) is 18.4 Å². The highest BCUT2D eigenvalue weighted by Crippen LogP contribution is 2.22. The number of alkyl halides is 3. The van der Waals surface area contributed by atoms with E-state index in [-0.39, 0.29) is 6.54 Å². The van der Waals surface area contributed by atoms with E-state index < -0.39 is 18.6 Å². The smallest absolute Gasteiger partial charge is 0.376 e. The van der Waals surface area contributed by atoms with Crippen LogP contribution >= 0.6 is 38.5 Å². The molecule has 3 nitrogen and oxygen atoms in total. The normalized spacial score (nSPS) is 11.2. The van der Waals surface area contributed by atoms with Gasteiger partial charge < -0.3 is 10.6 Å². The molecule has 1 rings (SSSR count). The topological polar surface area (TPSA) is 41.1 Å². The maximum absolute atomic E-state index is 11.8. The zero-order chi connectivity index (χ0) is 13.8. The molecule has 1 aromatic carbocycles. The Hall–Kier alpha value is -0.510. The van der Waals surface area contributed by atoms with E-state index in [4.69, 9.17) is 0 Å². The average molecular weight is 437 g/mol. The van der Waals surface area contributed by atoms with Crippen LogP contribution in [0.2, 0.25) is 0 Å². The SMILES string of the molecule is O=C(CNc1ccc(Br)c(I)c1)NCC(F)(F)F. The minimum Gasteiger partial charge on any atom is -0.376 e. The first-order chi connectivity index (χ1) is 8.28. The highest BCUT2D eigenvalue weighted by Gasteiger charge is 2.27. The Bertz CT molecular complexity index is 440. The van der Waals surface area contributed by atoms with Crippen LogP contribution in [0.15, 0.2) is 22.7 Å². The van der Waals surface area contributed by atoms with E-state index in [1.165, 1.54) is 0 Å². The molecule has 0 radical (unpaired) electrons. The Labute approximate surface area is 124 Å². The second-order valence-corrected chi connectivity index (χ2v) is 5.39. The van der Waals surface area contributed by atoms with E-state index in [0.717, 1.165) is 8.04 Å². The lowest BCUT2D eigenvalue weighted by Gasteiger charge is -2.10. The molecule has 1 aromatic rings. The van der Waals surface area contributed by atoms with Crippen LogP contribution in [0.25, 0.3) is 0 Å². The van der Waals surface area contributed by atoms with Gasteiger partial charge in [-0.3, -0.25) is 4.79 Å². The third kappa shape index (κ3) is 5.89. The predicted octanol–water partition coefficient (Wildman–Crippen LogP) is 3.14. The van der Waals surface area contributed by atoms with Crippen molar-refractivity contribution < 1.29 is 18.0 Å². The lowest BCUT2D eigenvalue weighted by Crippen LogP contribution is -2.37. The van der Waals surface area contributed by atoms with Crippen molar-refractivity contribution in [3.8, 4) is 0 Å². The summed E-state index contributed by atoms with van der Waals surface area (Å²) in [6.45, 7) is -1.51. The molecular formula is C10H9BrF3IN2O. The second-order valence-electron chi connectivity index (χ2n) is 3.37. The van der Waals surface area contributed by atoms with Crippen LogP contribution in [-0.2, 0) is 4.79 Å². The Morgan fingerprint density at radius 1 is 1.39 bits per heavy atom. The maximum atomic E-state index is 11.8. The lowest BCUT2D eigenvalue weighted by atomic mass is 10.3. The van der Waals surface area contributed by atoms with Gasteiger partial charge in [-0.25, -0.2) is 0 Å². The standard InChI is InChI=1S/C10H9BrF3IN2O/c11-7-2-1-6(3-8(7)15)16-4-9(18)17-5-10(12,13)14/h1-3,16H,4-5H2,(H,17,18). The van der Waals surface area contributed by atoms with E-state index in [1.54, 1.807) is 23.5 Å². The monoisotopic (exact) mass is 436 g/mol. The van der Waals surface area contributed by atoms with Gasteiger partial charge in [0.1, 0.15) is 6.54 Å². The van der Waals surface area contributed by atoms with E-state index in [0.29, 0.717) is 5.69 Å². The number of carbonyl (C=O) groups is 1. The molecule has 18 heavy (non-hydrogen) atoms. The van der Waals surface area contributed by atoms with E-state index in [2.05, 4.69) is 43.8 Å². The van der Waals surface area contributed by atoms with E-state index in [1.807, 2.05) is 0 Å². The number of benzene rings is 1. The summed E-state index contributed by atoms with van der Waals surface area (Å²) in [5.41, 5.74) is 0.671. The summed E-state index contributed by atoms with van der Waals surface area (Å²) in [5.74, 6) is -0.703. The van der Waals surface area contributed by atoms with Gasteiger partial charge in [-0.2, -0.15) is 13.2 Å². The van der Waals surface area contributed by atoms with Crippen molar-refractivity contribution in [3.05, 3.63) is 26.2 Å². The summed E-state index contributed by atoms with van der Waals surface area (Å²) < 4.78 is 37.4. The summed E-state index contributed by atoms with van der Waals surface area (Å²) in [4.78, 5) is 11.1. The molecule has 0 unspecified atom stereocenters. The third-order valence-corrected chi connectivity index (χ3v) is 4.18. The van der Waals surface area contributed by atoms with Crippen LogP contribution in [0.1, 0.15) is 0 Å². The van der Waals surface area contributed by atoms with Gasteiger partial charge >= 0.3 is 6.18 Å². The number of carbonyl (C=O) groups excluding carboxylic acids is 1. The first kappa shape index (κ1) is 15.5. The van der Waals surface area contributed by atoms with Gasteiger partial charge in [0.05, 0.1) is 6.54 Å². The first-order valence-corrected chi connectivity index (χ1v) is 6.67. The fourth-order valence-corrected chi connectivity index (χ4v) is 1.81. The lowest BCUT2D eigenvalue weighted by molar-refractivity contribution is -0.137. The number of halogens is 5. The molecule has 0 heterocycles. The highest BCUT2D eigenvalue weighted by molar-refractivity contribution is 14.1. The Morgan fingerprint density at radius 3 is 2.61 bits per heavy atom. The molecule has 0 aliphatic heterocycles. The molecule has 100 valence electrons. The summed E-state index contributed by atoms with van der Waals surface area (Å²) in [7, 11) is 0. The van der Waals surface area contributed by atoms with Gasteiger partial charge in [-0.1, -0.05) is 0 Å². The number of anilines is 1. The Kier molecular flexibility index (Phi) is 5.70. The maximum Gasteiger partial charge on any atom is 0.405 e. The molecule has 0 aliphatic carbocycles. The summed E-state index contributed by atoms with van der Waals surface area (Å²) in [5, 5.41) is 4.52. The summed E-state index contributed by atoms with van der Waals surface area (Å²) in [6.07, 6.45) is -4.39. The molecule has 1 amide bonds. The Balaban J connectivity index is 2.40. The summed E-state index contributed by atoms with van der Waals surface area (Å²) in [6, 6.07) is 5.29. The van der Waals surface area contributed by atoms with E-state index >= 15 is 0 Å². The summed E-state index contributed by atoms with van der Waals surface area (Å²) >= 11 is 5.41. The van der Waals surface area contributed by atoms with Gasteiger partial charge in [0.15, 0.2) is 0 Å². The van der Waals surface area contributed by atoms with Crippen molar-refractivity contribution in [1.82, 2.24) is 5.32 Å². The van der Waals surface area contributed by atoms with Crippen molar-refractivity contribution in [1.29, 1.82) is 0 Å². The predicted molar refractivity (Wildman–Crippen MR) is 74.4 cm³/mol. The molecule has 2 N–H and O–H groups in total. The van der Waals surface area contributed by atoms with Crippen LogP contribution in [0.3, 0.4) is 0 Å². The van der Waals surface area contributed by atoms with Crippen LogP contribution in [0.5, 0.6) is 0 Å². The zero-order valence-corrected chi connectivity index (χ0v) is 12.7. The van der Waals surface area contributed by atoms with Gasteiger partial charge in [0.2, 0.25) is 5.91 Å². The number of nitrogens with one attached hydrogen (secondary N) is 2. The Morgan fingerprint density at radius 2 is 2.06 bits per heavy atom. The number of hydrogen-bond acceptors (Lipinski definition) is 2. The molecule has 0 saturated heterocycles. The number of amides is 1. The number of rotatable bonds is 4. The van der Waals surface area contributed by atoms with Crippen molar-refractivity contribution in [2.45, 2.75) is 6.18 Å². The van der Waals surface area contributed by atoms with E-state index in [9.17, 15) is 18.0 Å². The molecule has 8 heteroatoms. The molecular weight excluding hydrogens is 428 g/mol. The molecule has 0 aliphatic rings. The average Bonchev–Trinajstić information content (AvgIpc) is 2.27. The molecule has 0 saturated carbocycles. The van der Waals surface area contributed by atoms with Crippen molar-refractivity contribution in [3.63, 3.8) is 0 Å². The molecule has 0 spiro atoms. The van der Waals surface area contributed by atoms with Crippen LogP contribution in [0, 0.1) is 3.57 Å². The molecule has 0 atom stereocenters. The highest BCUT2D eigenvalue weighted by atomic mass is 127. The van der Waals surface area contributed by atoms with Crippen LogP contribution < -0.4 is 10.6 Å². The van der Waals surface area contributed by atoms with Crippen molar-refractivity contribution in [2.24, 2.45) is 0 Å². The number of hydrogen-bond donors (Lipinski definition) is 2. The minimum absolute atomic E-state index is 0.201. The van der Waals surface area contributed by atoms with Gasteiger partial charge in [0, 0.05) is 13.7 Å². The largest absolute Gasteiger partial charge is 0.405 e. The van der Waals surface area contributed by atoms with Crippen LogP contribution in [-0.4, -0.2) is 25.2 Å². The molecule has 0 fully saturated rings. The van der Waals surface area contributed by atoms with Gasteiger partial charge in [0.25, 0.3) is 0 Å². The minimum atomic E-state index is -4.39. The second kappa shape index (κ2) is 6.60. The molecule has 0 aromatic heterocycles. The quantitative estimate of drug-likeness (QED) is 0.712. The fraction of sp³-hybridized carbons (Fsp3) is 0.300. The fourth-order valence-electron chi connectivity index (χ4n) is 1.05. The van der Waals surface area contributed by atoms with Gasteiger partial charge in [-0.15, -0.1) is 0 Å². The van der Waals surface area contributed by atoms with Gasteiger partial charge in [-0.05, 0) is 56.7 Å². The third-order valence-electron chi connectivity index (χ3n) is 1.86. The van der Waals surface area contributed by atoms with Crippen molar-refractivity contribution >= 4 is 50.1 Å². The zero-order valence-electron chi connectivity index (χ0n) is 8.94.